The van der Waals surface area contributed by atoms with Gasteiger partial charge in [0.1, 0.15) is 18.0 Å². The molecule has 4 nitrogen and oxygen atoms in total. The first-order valence-electron chi connectivity index (χ1n) is 6.00. The maximum Gasteiger partial charge on any atom is 0.134 e. The molecule has 2 aromatic heterocycles. The summed E-state index contributed by atoms with van der Waals surface area (Å²) in [5, 5.41) is 5.33. The lowest BCUT2D eigenvalue weighted by Crippen LogP contribution is -2.18. The molecule has 5 heteroatoms. The van der Waals surface area contributed by atoms with Crippen molar-refractivity contribution >= 4 is 23.0 Å². The Bertz CT molecular complexity index is 509. The zero-order valence-corrected chi connectivity index (χ0v) is 11.8. The molecule has 0 aliphatic rings. The third-order valence-corrected chi connectivity index (χ3v) is 3.76. The maximum absolute atomic E-state index is 4.31. The summed E-state index contributed by atoms with van der Waals surface area (Å²) >= 11 is 1.79. The van der Waals surface area contributed by atoms with Crippen molar-refractivity contribution < 1.29 is 0 Å². The van der Waals surface area contributed by atoms with Gasteiger partial charge in [0.25, 0.3) is 0 Å². The first-order valence-corrected chi connectivity index (χ1v) is 6.88. The summed E-state index contributed by atoms with van der Waals surface area (Å²) in [6, 6.07) is 4.13. The Kier molecular flexibility index (Phi) is 4.15. The Balaban J connectivity index is 2.11. The second-order valence-corrected chi connectivity index (χ2v) is 5.18. The highest BCUT2D eigenvalue weighted by atomic mass is 32.1. The molecule has 0 saturated heterocycles. The van der Waals surface area contributed by atoms with E-state index in [-0.39, 0.29) is 0 Å². The van der Waals surface area contributed by atoms with E-state index in [1.807, 2.05) is 6.07 Å². The zero-order chi connectivity index (χ0) is 13.0. The smallest absolute Gasteiger partial charge is 0.134 e. The van der Waals surface area contributed by atoms with E-state index in [2.05, 4.69) is 52.5 Å². The Hall–Kier alpha value is -1.62. The molecule has 2 rings (SSSR count). The lowest BCUT2D eigenvalue weighted by Gasteiger charge is -2.18. The van der Waals surface area contributed by atoms with Crippen LogP contribution in [0.5, 0.6) is 0 Å². The monoisotopic (exact) mass is 262 g/mol. The van der Waals surface area contributed by atoms with Crippen molar-refractivity contribution in [2.24, 2.45) is 0 Å². The standard InChI is InChI=1S/C13H18N4S/c1-4-14-12-7-13(16-9-15-12)17(3)8-11-10(2)5-6-18-11/h5-7,9H,4,8H2,1-3H3,(H,14,15,16). The van der Waals surface area contributed by atoms with Crippen LogP contribution in [0.2, 0.25) is 0 Å². The predicted molar refractivity (Wildman–Crippen MR) is 77.4 cm³/mol. The summed E-state index contributed by atoms with van der Waals surface area (Å²) in [7, 11) is 2.05. The number of aryl methyl sites for hydroxylation is 1. The Morgan fingerprint density at radius 2 is 2.22 bits per heavy atom. The van der Waals surface area contributed by atoms with Crippen molar-refractivity contribution in [2.45, 2.75) is 20.4 Å². The third kappa shape index (κ3) is 2.98. The molecular formula is C13H18N4S. The number of thiophene rings is 1. The number of hydrogen-bond acceptors (Lipinski definition) is 5. The van der Waals surface area contributed by atoms with E-state index < -0.39 is 0 Å². The second kappa shape index (κ2) is 5.82. The van der Waals surface area contributed by atoms with E-state index in [4.69, 9.17) is 0 Å². The fourth-order valence-corrected chi connectivity index (χ4v) is 2.65. The van der Waals surface area contributed by atoms with Crippen molar-refractivity contribution in [3.05, 3.63) is 34.3 Å². The summed E-state index contributed by atoms with van der Waals surface area (Å²) in [5.74, 6) is 1.81. The first-order chi connectivity index (χ1) is 8.70. The minimum Gasteiger partial charge on any atom is -0.370 e. The van der Waals surface area contributed by atoms with E-state index in [9.17, 15) is 0 Å². The number of nitrogens with one attached hydrogen (secondary N) is 1. The average Bonchev–Trinajstić information content (AvgIpc) is 2.76. The van der Waals surface area contributed by atoms with Crippen molar-refractivity contribution in [3.63, 3.8) is 0 Å². The Labute approximate surface area is 112 Å². The highest BCUT2D eigenvalue weighted by molar-refractivity contribution is 7.10. The Morgan fingerprint density at radius 1 is 1.39 bits per heavy atom. The number of anilines is 2. The highest BCUT2D eigenvalue weighted by Crippen LogP contribution is 2.20. The van der Waals surface area contributed by atoms with Crippen LogP contribution in [0.4, 0.5) is 11.6 Å². The molecule has 0 aromatic carbocycles. The summed E-state index contributed by atoms with van der Waals surface area (Å²) in [5.41, 5.74) is 1.34. The largest absolute Gasteiger partial charge is 0.370 e. The molecule has 0 aliphatic heterocycles. The minimum atomic E-state index is 0.865. The average molecular weight is 262 g/mol. The topological polar surface area (TPSA) is 41.0 Å². The van der Waals surface area contributed by atoms with Gasteiger partial charge in [0.15, 0.2) is 0 Å². The van der Waals surface area contributed by atoms with Crippen molar-refractivity contribution in [1.82, 2.24) is 9.97 Å². The van der Waals surface area contributed by atoms with Gasteiger partial charge in [0.2, 0.25) is 0 Å². The molecule has 0 amide bonds. The fourth-order valence-electron chi connectivity index (χ4n) is 1.70. The van der Waals surface area contributed by atoms with Crippen LogP contribution < -0.4 is 10.2 Å². The van der Waals surface area contributed by atoms with Crippen LogP contribution in [0.15, 0.2) is 23.8 Å². The maximum atomic E-state index is 4.31. The van der Waals surface area contributed by atoms with Gasteiger partial charge in [-0.25, -0.2) is 9.97 Å². The van der Waals surface area contributed by atoms with Crippen LogP contribution in [0.1, 0.15) is 17.4 Å². The number of nitrogens with zero attached hydrogens (tertiary/aromatic N) is 3. The minimum absolute atomic E-state index is 0.865. The molecule has 0 fully saturated rings. The normalized spacial score (nSPS) is 10.4. The van der Waals surface area contributed by atoms with Gasteiger partial charge in [-0.1, -0.05) is 0 Å². The molecule has 2 heterocycles. The molecule has 0 unspecified atom stereocenters. The lowest BCUT2D eigenvalue weighted by molar-refractivity contribution is 0.899. The predicted octanol–water partition coefficient (Wildman–Crippen LogP) is 2.91. The van der Waals surface area contributed by atoms with Gasteiger partial charge >= 0.3 is 0 Å². The van der Waals surface area contributed by atoms with Gasteiger partial charge in [-0.2, -0.15) is 0 Å². The van der Waals surface area contributed by atoms with Crippen molar-refractivity contribution in [2.75, 3.05) is 23.8 Å². The van der Waals surface area contributed by atoms with Gasteiger partial charge in [-0.05, 0) is 30.9 Å². The number of hydrogen-bond donors (Lipinski definition) is 1. The number of rotatable bonds is 5. The summed E-state index contributed by atoms with van der Waals surface area (Å²) in [4.78, 5) is 12.0. The van der Waals surface area contributed by atoms with Crippen molar-refractivity contribution in [1.29, 1.82) is 0 Å². The fraction of sp³-hybridized carbons (Fsp3) is 0.385. The van der Waals surface area contributed by atoms with Crippen molar-refractivity contribution in [3.8, 4) is 0 Å². The van der Waals surface area contributed by atoms with Crippen LogP contribution in [-0.2, 0) is 6.54 Å². The molecule has 96 valence electrons. The number of aromatic nitrogens is 2. The van der Waals surface area contributed by atoms with Gasteiger partial charge in [0.05, 0.1) is 6.54 Å². The van der Waals surface area contributed by atoms with Gasteiger partial charge in [-0.15, -0.1) is 11.3 Å². The van der Waals surface area contributed by atoms with Crippen LogP contribution in [0.25, 0.3) is 0 Å². The Morgan fingerprint density at radius 3 is 2.89 bits per heavy atom. The molecule has 0 radical (unpaired) electrons. The molecule has 0 aliphatic carbocycles. The third-order valence-electron chi connectivity index (χ3n) is 2.75. The van der Waals surface area contributed by atoms with Crippen LogP contribution >= 0.6 is 11.3 Å². The summed E-state index contributed by atoms with van der Waals surface area (Å²) < 4.78 is 0. The van der Waals surface area contributed by atoms with Gasteiger partial charge < -0.3 is 10.2 Å². The van der Waals surface area contributed by atoms with E-state index in [1.54, 1.807) is 17.7 Å². The summed E-state index contributed by atoms with van der Waals surface area (Å²) in [6.45, 7) is 5.94. The SMILES string of the molecule is CCNc1cc(N(C)Cc2sccc2C)ncn1. The van der Waals surface area contributed by atoms with Crippen LogP contribution in [0.3, 0.4) is 0 Å². The highest BCUT2D eigenvalue weighted by Gasteiger charge is 2.07. The molecule has 0 atom stereocenters. The van der Waals surface area contributed by atoms with Crippen LogP contribution in [0, 0.1) is 6.92 Å². The first kappa shape index (κ1) is 12.8. The summed E-state index contributed by atoms with van der Waals surface area (Å²) in [6.07, 6.45) is 1.60. The molecule has 2 aromatic rings. The quantitative estimate of drug-likeness (QED) is 0.899. The van der Waals surface area contributed by atoms with E-state index >= 15 is 0 Å². The molecule has 0 saturated carbocycles. The van der Waals surface area contributed by atoms with Crippen LogP contribution in [-0.4, -0.2) is 23.6 Å². The van der Waals surface area contributed by atoms with Gasteiger partial charge in [-0.3, -0.25) is 0 Å². The van der Waals surface area contributed by atoms with E-state index in [0.717, 1.165) is 24.7 Å². The van der Waals surface area contributed by atoms with E-state index in [1.165, 1.54) is 10.4 Å². The molecular weight excluding hydrogens is 244 g/mol. The second-order valence-electron chi connectivity index (χ2n) is 4.17. The molecule has 1 N–H and O–H groups in total. The van der Waals surface area contributed by atoms with E-state index in [0.29, 0.717) is 0 Å². The molecule has 0 bridgehead atoms. The lowest BCUT2D eigenvalue weighted by atomic mass is 10.3. The molecule has 18 heavy (non-hydrogen) atoms. The van der Waals surface area contributed by atoms with Gasteiger partial charge in [0, 0.05) is 24.5 Å². The zero-order valence-electron chi connectivity index (χ0n) is 11.0. The molecule has 0 spiro atoms.